The van der Waals surface area contributed by atoms with Gasteiger partial charge < -0.3 is 5.11 Å². The SMILES string of the molecule is O=C(O)c1cn[nH]c1S(=O)(=O)N1CCCCCCC1. The summed E-state index contributed by atoms with van der Waals surface area (Å²) in [6.45, 7) is 0.862. The summed E-state index contributed by atoms with van der Waals surface area (Å²) in [5.74, 6) is -1.29. The van der Waals surface area contributed by atoms with Crippen LogP contribution in [0.4, 0.5) is 0 Å². The molecule has 0 spiro atoms. The molecule has 0 bridgehead atoms. The van der Waals surface area contributed by atoms with Crippen molar-refractivity contribution in [3.05, 3.63) is 11.8 Å². The maximum absolute atomic E-state index is 12.4. The van der Waals surface area contributed by atoms with E-state index in [0.717, 1.165) is 38.3 Å². The highest BCUT2D eigenvalue weighted by Gasteiger charge is 2.30. The predicted molar refractivity (Wildman–Crippen MR) is 67.4 cm³/mol. The second-order valence-electron chi connectivity index (χ2n) is 4.59. The van der Waals surface area contributed by atoms with Crippen LogP contribution in [-0.4, -0.2) is 47.1 Å². The number of nitrogens with zero attached hydrogens (tertiary/aromatic N) is 2. The first-order valence-electron chi connectivity index (χ1n) is 6.30. The Labute approximate surface area is 111 Å². The minimum Gasteiger partial charge on any atom is -0.478 e. The number of aromatic carboxylic acids is 1. The van der Waals surface area contributed by atoms with E-state index in [0.29, 0.717) is 13.1 Å². The molecule has 2 N–H and O–H groups in total. The summed E-state index contributed by atoms with van der Waals surface area (Å²) in [5, 5.41) is 14.5. The lowest BCUT2D eigenvalue weighted by Crippen LogP contribution is -2.34. The van der Waals surface area contributed by atoms with Gasteiger partial charge in [0.05, 0.1) is 6.20 Å². The number of H-pyrrole nitrogens is 1. The molecule has 0 saturated carbocycles. The molecular formula is C11H17N3O4S. The summed E-state index contributed by atoms with van der Waals surface area (Å²) in [4.78, 5) is 11.0. The standard InChI is InChI=1S/C11H17N3O4S/c15-11(16)9-8-12-13-10(9)19(17,18)14-6-4-2-1-3-5-7-14/h8H,1-7H2,(H,12,13)(H,15,16). The number of nitrogens with one attached hydrogen (secondary N) is 1. The fraction of sp³-hybridized carbons (Fsp3) is 0.636. The highest BCUT2D eigenvalue weighted by molar-refractivity contribution is 7.89. The van der Waals surface area contributed by atoms with Gasteiger partial charge in [0.1, 0.15) is 5.56 Å². The highest BCUT2D eigenvalue weighted by Crippen LogP contribution is 2.21. The van der Waals surface area contributed by atoms with Gasteiger partial charge in [0.2, 0.25) is 0 Å². The number of carbonyl (C=O) groups is 1. The van der Waals surface area contributed by atoms with Gasteiger partial charge >= 0.3 is 5.97 Å². The van der Waals surface area contributed by atoms with Crippen LogP contribution in [0, 0.1) is 0 Å². The van der Waals surface area contributed by atoms with Gasteiger partial charge in [-0.05, 0) is 12.8 Å². The molecule has 0 radical (unpaired) electrons. The average molecular weight is 287 g/mol. The van der Waals surface area contributed by atoms with E-state index >= 15 is 0 Å². The highest BCUT2D eigenvalue weighted by atomic mass is 32.2. The van der Waals surface area contributed by atoms with Crippen molar-refractivity contribution < 1.29 is 18.3 Å². The van der Waals surface area contributed by atoms with E-state index in [2.05, 4.69) is 10.2 Å². The maximum atomic E-state index is 12.4. The molecule has 8 heteroatoms. The van der Waals surface area contributed by atoms with E-state index in [4.69, 9.17) is 5.11 Å². The molecular weight excluding hydrogens is 270 g/mol. The molecule has 1 fully saturated rings. The second kappa shape index (κ2) is 5.70. The number of hydrogen-bond donors (Lipinski definition) is 2. The summed E-state index contributed by atoms with van der Waals surface area (Å²) in [5.41, 5.74) is -0.304. The maximum Gasteiger partial charge on any atom is 0.340 e. The minimum absolute atomic E-state index is 0.304. The fourth-order valence-corrected chi connectivity index (χ4v) is 3.79. The Morgan fingerprint density at radius 3 is 2.37 bits per heavy atom. The molecule has 0 unspecified atom stereocenters. The summed E-state index contributed by atoms with van der Waals surface area (Å²) in [7, 11) is -3.80. The first-order chi connectivity index (χ1) is 9.03. The zero-order chi connectivity index (χ0) is 13.9. The number of carboxylic acid groups (broad SMARTS) is 1. The van der Waals surface area contributed by atoms with Gasteiger partial charge in [-0.2, -0.15) is 9.40 Å². The van der Waals surface area contributed by atoms with E-state index in [1.165, 1.54) is 4.31 Å². The molecule has 1 aliphatic heterocycles. The molecule has 0 atom stereocenters. The molecule has 19 heavy (non-hydrogen) atoms. The number of hydrogen-bond acceptors (Lipinski definition) is 4. The Hall–Kier alpha value is -1.41. The Bertz CT molecular complexity index is 544. The largest absolute Gasteiger partial charge is 0.478 e. The number of carboxylic acids is 1. The Morgan fingerprint density at radius 1 is 1.21 bits per heavy atom. The van der Waals surface area contributed by atoms with E-state index in [1.54, 1.807) is 0 Å². The van der Waals surface area contributed by atoms with Gasteiger partial charge in [-0.3, -0.25) is 5.10 Å². The van der Waals surface area contributed by atoms with Crippen molar-refractivity contribution in [1.29, 1.82) is 0 Å². The molecule has 106 valence electrons. The lowest BCUT2D eigenvalue weighted by Gasteiger charge is -2.23. The topological polar surface area (TPSA) is 103 Å². The van der Waals surface area contributed by atoms with Crippen molar-refractivity contribution in [2.45, 2.75) is 37.1 Å². The fourth-order valence-electron chi connectivity index (χ4n) is 2.21. The molecule has 0 aromatic carbocycles. The third-order valence-electron chi connectivity index (χ3n) is 3.25. The summed E-state index contributed by atoms with van der Waals surface area (Å²) in [6, 6.07) is 0. The van der Waals surface area contributed by atoms with Crippen LogP contribution in [0.2, 0.25) is 0 Å². The van der Waals surface area contributed by atoms with Crippen LogP contribution in [0.1, 0.15) is 42.5 Å². The van der Waals surface area contributed by atoms with Crippen molar-refractivity contribution >= 4 is 16.0 Å². The van der Waals surface area contributed by atoms with Crippen LogP contribution in [0.3, 0.4) is 0 Å². The van der Waals surface area contributed by atoms with Crippen molar-refractivity contribution in [2.24, 2.45) is 0 Å². The van der Waals surface area contributed by atoms with Crippen LogP contribution in [0.5, 0.6) is 0 Å². The van der Waals surface area contributed by atoms with Crippen LogP contribution in [-0.2, 0) is 10.0 Å². The zero-order valence-electron chi connectivity index (χ0n) is 10.5. The molecule has 0 amide bonds. The van der Waals surface area contributed by atoms with Crippen molar-refractivity contribution in [3.8, 4) is 0 Å². The molecule has 0 aliphatic carbocycles. The van der Waals surface area contributed by atoms with Crippen LogP contribution in [0.15, 0.2) is 11.2 Å². The smallest absolute Gasteiger partial charge is 0.340 e. The summed E-state index contributed by atoms with van der Waals surface area (Å²) < 4.78 is 26.2. The predicted octanol–water partition coefficient (Wildman–Crippen LogP) is 1.06. The van der Waals surface area contributed by atoms with E-state index in [9.17, 15) is 13.2 Å². The first-order valence-corrected chi connectivity index (χ1v) is 7.74. The molecule has 1 saturated heterocycles. The van der Waals surface area contributed by atoms with Crippen molar-refractivity contribution in [3.63, 3.8) is 0 Å². The molecule has 2 rings (SSSR count). The molecule has 2 heterocycles. The van der Waals surface area contributed by atoms with E-state index in [1.807, 2.05) is 0 Å². The van der Waals surface area contributed by atoms with Gasteiger partial charge in [0.25, 0.3) is 10.0 Å². The van der Waals surface area contributed by atoms with Crippen molar-refractivity contribution in [1.82, 2.24) is 14.5 Å². The number of aromatic amines is 1. The Balaban J connectivity index is 2.29. The third kappa shape index (κ3) is 2.95. The summed E-state index contributed by atoms with van der Waals surface area (Å²) in [6.07, 6.45) is 5.75. The van der Waals surface area contributed by atoms with Gasteiger partial charge in [0, 0.05) is 13.1 Å². The Morgan fingerprint density at radius 2 is 1.79 bits per heavy atom. The van der Waals surface area contributed by atoms with Crippen LogP contribution in [0.25, 0.3) is 0 Å². The van der Waals surface area contributed by atoms with Gasteiger partial charge in [0.15, 0.2) is 5.03 Å². The lowest BCUT2D eigenvalue weighted by molar-refractivity contribution is 0.0692. The second-order valence-corrected chi connectivity index (χ2v) is 6.46. The number of aromatic nitrogens is 2. The van der Waals surface area contributed by atoms with Gasteiger partial charge in [-0.25, -0.2) is 13.2 Å². The van der Waals surface area contributed by atoms with E-state index < -0.39 is 16.0 Å². The molecule has 7 nitrogen and oxygen atoms in total. The minimum atomic E-state index is -3.80. The molecule has 1 aliphatic rings. The van der Waals surface area contributed by atoms with E-state index in [-0.39, 0.29) is 10.6 Å². The third-order valence-corrected chi connectivity index (χ3v) is 5.12. The van der Waals surface area contributed by atoms with Gasteiger partial charge in [-0.1, -0.05) is 19.3 Å². The normalized spacial score (nSPS) is 18.7. The van der Waals surface area contributed by atoms with Crippen LogP contribution >= 0.6 is 0 Å². The van der Waals surface area contributed by atoms with Crippen LogP contribution < -0.4 is 0 Å². The first kappa shape index (κ1) is 14.0. The monoisotopic (exact) mass is 287 g/mol. The number of rotatable bonds is 3. The average Bonchev–Trinajstić information content (AvgIpc) is 2.77. The van der Waals surface area contributed by atoms with Gasteiger partial charge in [-0.15, -0.1) is 0 Å². The molecule has 1 aromatic rings. The summed E-state index contributed by atoms with van der Waals surface area (Å²) >= 11 is 0. The lowest BCUT2D eigenvalue weighted by atomic mass is 10.1. The Kier molecular flexibility index (Phi) is 4.20. The zero-order valence-corrected chi connectivity index (χ0v) is 11.3. The quantitative estimate of drug-likeness (QED) is 0.865. The number of sulfonamides is 1. The van der Waals surface area contributed by atoms with Crippen molar-refractivity contribution in [2.75, 3.05) is 13.1 Å². The molecule has 1 aromatic heterocycles.